The van der Waals surface area contributed by atoms with Crippen molar-refractivity contribution in [2.45, 2.75) is 19.8 Å². The average molecular weight is 409 g/mol. The van der Waals surface area contributed by atoms with Gasteiger partial charge in [0, 0.05) is 42.5 Å². The number of H-pyrrole nitrogens is 1. The molecular formula is C19H19Cl2FN4O. The lowest BCUT2D eigenvalue weighted by Crippen LogP contribution is -2.24. The van der Waals surface area contributed by atoms with Gasteiger partial charge in [0.2, 0.25) is 0 Å². The lowest BCUT2D eigenvalue weighted by Gasteiger charge is -2.16. The van der Waals surface area contributed by atoms with Gasteiger partial charge in [-0.05, 0) is 24.1 Å². The number of aromatic amines is 1. The molecule has 0 atom stereocenters. The monoisotopic (exact) mass is 408 g/mol. The maximum atomic E-state index is 15.2. The van der Waals surface area contributed by atoms with Gasteiger partial charge in [-0.2, -0.15) is 0 Å². The lowest BCUT2D eigenvalue weighted by atomic mass is 9.99. The molecule has 2 heterocycles. The minimum atomic E-state index is -0.726. The summed E-state index contributed by atoms with van der Waals surface area (Å²) in [5.74, 6) is -1.25. The molecule has 3 rings (SSSR count). The first kappa shape index (κ1) is 19.5. The highest BCUT2D eigenvalue weighted by molar-refractivity contribution is 6.39. The van der Waals surface area contributed by atoms with Crippen LogP contribution in [0.2, 0.25) is 10.2 Å². The Balaban J connectivity index is 2.27. The summed E-state index contributed by atoms with van der Waals surface area (Å²) in [4.78, 5) is 20.9. The lowest BCUT2D eigenvalue weighted by molar-refractivity contribution is 0.0824. The zero-order chi connectivity index (χ0) is 19.9. The van der Waals surface area contributed by atoms with Crippen molar-refractivity contribution in [3.05, 3.63) is 45.4 Å². The van der Waals surface area contributed by atoms with E-state index in [1.54, 1.807) is 0 Å². The van der Waals surface area contributed by atoms with Crippen LogP contribution in [-0.4, -0.2) is 34.9 Å². The predicted molar refractivity (Wildman–Crippen MR) is 108 cm³/mol. The van der Waals surface area contributed by atoms with Crippen molar-refractivity contribution in [2.24, 2.45) is 0 Å². The molecule has 0 saturated carbocycles. The van der Waals surface area contributed by atoms with E-state index >= 15 is 4.39 Å². The summed E-state index contributed by atoms with van der Waals surface area (Å²) in [6, 6.07) is 2.99. The zero-order valence-electron chi connectivity index (χ0n) is 15.2. The molecule has 0 spiro atoms. The van der Waals surface area contributed by atoms with E-state index in [-0.39, 0.29) is 16.8 Å². The molecule has 0 unspecified atom stereocenters. The van der Waals surface area contributed by atoms with E-state index in [0.717, 1.165) is 12.0 Å². The summed E-state index contributed by atoms with van der Waals surface area (Å²) in [6.45, 7) is 2.03. The molecule has 0 aliphatic rings. The van der Waals surface area contributed by atoms with Crippen LogP contribution in [0.1, 0.15) is 29.3 Å². The normalized spacial score (nSPS) is 11.2. The van der Waals surface area contributed by atoms with E-state index in [1.165, 1.54) is 37.3 Å². The predicted octanol–water partition coefficient (Wildman–Crippen LogP) is 4.91. The Morgan fingerprint density at radius 1 is 1.30 bits per heavy atom. The van der Waals surface area contributed by atoms with Crippen LogP contribution in [0.25, 0.3) is 22.2 Å². The molecule has 0 radical (unpaired) electrons. The van der Waals surface area contributed by atoms with Crippen molar-refractivity contribution in [1.82, 2.24) is 14.9 Å². The molecule has 1 amide bonds. The largest absolute Gasteiger partial charge is 0.398 e. The molecule has 8 heteroatoms. The molecule has 3 aromatic rings. The van der Waals surface area contributed by atoms with Gasteiger partial charge in [-0.15, -0.1) is 0 Å². The quantitative estimate of drug-likeness (QED) is 0.601. The van der Waals surface area contributed by atoms with Gasteiger partial charge in [0.15, 0.2) is 0 Å². The van der Waals surface area contributed by atoms with Crippen molar-refractivity contribution in [3.8, 4) is 11.1 Å². The molecule has 0 fully saturated rings. The van der Waals surface area contributed by atoms with Crippen LogP contribution in [0, 0.1) is 5.82 Å². The van der Waals surface area contributed by atoms with E-state index in [0.29, 0.717) is 33.2 Å². The molecule has 3 N–H and O–H groups in total. The van der Waals surface area contributed by atoms with Gasteiger partial charge < -0.3 is 15.6 Å². The van der Waals surface area contributed by atoms with Crippen LogP contribution in [0.5, 0.6) is 0 Å². The van der Waals surface area contributed by atoms with Gasteiger partial charge in [-0.3, -0.25) is 4.79 Å². The Morgan fingerprint density at radius 2 is 2.00 bits per heavy atom. The standard InChI is InChI=1S/C19H19Cl2FN4O/c1-4-5-10-13-15(20)11(8-24-18(13)25-17(10)21)9-6-7-12(23)14(16(9)22)19(27)26(2)3/h6-8H,4-5,23H2,1-3H3,(H,24,25). The third-order valence-electron chi connectivity index (χ3n) is 4.39. The van der Waals surface area contributed by atoms with Gasteiger partial charge in [0.05, 0.1) is 10.6 Å². The van der Waals surface area contributed by atoms with Crippen molar-refractivity contribution >= 4 is 45.8 Å². The van der Waals surface area contributed by atoms with Crippen LogP contribution < -0.4 is 5.73 Å². The fourth-order valence-corrected chi connectivity index (χ4v) is 3.69. The minimum absolute atomic E-state index is 0.0662. The van der Waals surface area contributed by atoms with Crippen LogP contribution >= 0.6 is 23.2 Å². The number of hydrogen-bond donors (Lipinski definition) is 2. The highest BCUT2D eigenvalue weighted by Gasteiger charge is 2.24. The number of hydrogen-bond acceptors (Lipinski definition) is 3. The van der Waals surface area contributed by atoms with Gasteiger partial charge in [0.1, 0.15) is 16.6 Å². The Bertz CT molecular complexity index is 1050. The van der Waals surface area contributed by atoms with Crippen molar-refractivity contribution in [1.29, 1.82) is 0 Å². The molecule has 0 aliphatic heterocycles. The number of nitrogens with zero attached hydrogens (tertiary/aromatic N) is 2. The number of nitrogens with two attached hydrogens (primary N) is 1. The minimum Gasteiger partial charge on any atom is -0.398 e. The number of aryl methyl sites for hydroxylation is 1. The Labute approximate surface area is 166 Å². The number of anilines is 1. The smallest absolute Gasteiger partial charge is 0.258 e. The second-order valence-corrected chi connectivity index (χ2v) is 7.22. The number of nitrogens with one attached hydrogen (secondary N) is 1. The number of nitrogen functional groups attached to an aromatic ring is 1. The zero-order valence-corrected chi connectivity index (χ0v) is 16.7. The second kappa shape index (κ2) is 7.37. The third-order valence-corrected chi connectivity index (χ3v) is 5.11. The fraction of sp³-hybridized carbons (Fsp3) is 0.263. The van der Waals surface area contributed by atoms with Crippen LogP contribution in [0.4, 0.5) is 10.1 Å². The van der Waals surface area contributed by atoms with Gasteiger partial charge in [-0.1, -0.05) is 36.5 Å². The Kier molecular flexibility index (Phi) is 5.31. The molecule has 1 aromatic carbocycles. The van der Waals surface area contributed by atoms with Gasteiger partial charge in [0.25, 0.3) is 5.91 Å². The molecule has 27 heavy (non-hydrogen) atoms. The number of carbonyl (C=O) groups excluding carboxylic acids is 1. The number of rotatable bonds is 4. The number of aromatic nitrogens is 2. The molecular weight excluding hydrogens is 390 g/mol. The summed E-state index contributed by atoms with van der Waals surface area (Å²) in [5, 5.41) is 1.47. The van der Waals surface area contributed by atoms with E-state index in [4.69, 9.17) is 28.9 Å². The Morgan fingerprint density at radius 3 is 2.63 bits per heavy atom. The highest BCUT2D eigenvalue weighted by Crippen LogP contribution is 2.39. The average Bonchev–Trinajstić information content (AvgIpc) is 2.93. The first-order valence-electron chi connectivity index (χ1n) is 8.42. The third kappa shape index (κ3) is 3.24. The Hall–Kier alpha value is -2.31. The topological polar surface area (TPSA) is 75.0 Å². The first-order valence-corrected chi connectivity index (χ1v) is 9.18. The number of pyridine rings is 1. The van der Waals surface area contributed by atoms with E-state index in [9.17, 15) is 4.79 Å². The van der Waals surface area contributed by atoms with E-state index in [2.05, 4.69) is 9.97 Å². The van der Waals surface area contributed by atoms with Gasteiger partial charge >= 0.3 is 0 Å². The maximum Gasteiger partial charge on any atom is 0.258 e. The number of halogens is 3. The summed E-state index contributed by atoms with van der Waals surface area (Å²) >= 11 is 12.9. The van der Waals surface area contributed by atoms with Crippen molar-refractivity contribution in [2.75, 3.05) is 19.8 Å². The van der Waals surface area contributed by atoms with Gasteiger partial charge in [-0.25, -0.2) is 9.37 Å². The number of carbonyl (C=O) groups is 1. The number of fused-ring (bicyclic) bond motifs is 1. The molecule has 0 bridgehead atoms. The van der Waals surface area contributed by atoms with E-state index < -0.39 is 11.7 Å². The number of amides is 1. The summed E-state index contributed by atoms with van der Waals surface area (Å²) < 4.78 is 15.2. The SMILES string of the molecule is CCCc1c(Cl)[nH]c2ncc(-c3ccc(N)c(C(=O)N(C)C)c3F)c(Cl)c12. The van der Waals surface area contributed by atoms with Crippen LogP contribution in [0.3, 0.4) is 0 Å². The molecule has 142 valence electrons. The first-order chi connectivity index (χ1) is 12.8. The molecule has 0 aliphatic carbocycles. The van der Waals surface area contributed by atoms with Crippen LogP contribution in [-0.2, 0) is 6.42 Å². The van der Waals surface area contributed by atoms with Crippen molar-refractivity contribution < 1.29 is 9.18 Å². The van der Waals surface area contributed by atoms with E-state index in [1.807, 2.05) is 6.92 Å². The highest BCUT2D eigenvalue weighted by atomic mass is 35.5. The summed E-state index contributed by atoms with van der Waals surface area (Å²) in [7, 11) is 3.07. The summed E-state index contributed by atoms with van der Waals surface area (Å²) in [5.41, 5.74) is 7.64. The molecule has 5 nitrogen and oxygen atoms in total. The maximum absolute atomic E-state index is 15.2. The number of benzene rings is 1. The molecule has 0 saturated heterocycles. The second-order valence-electron chi connectivity index (χ2n) is 6.47. The fourth-order valence-electron chi connectivity index (χ4n) is 3.06. The molecule has 2 aromatic heterocycles. The summed E-state index contributed by atoms with van der Waals surface area (Å²) in [6.07, 6.45) is 3.04. The van der Waals surface area contributed by atoms with Crippen molar-refractivity contribution in [3.63, 3.8) is 0 Å². The van der Waals surface area contributed by atoms with Crippen LogP contribution in [0.15, 0.2) is 18.3 Å².